The third kappa shape index (κ3) is 4.23. The molecule has 2 aromatic rings. The van der Waals surface area contributed by atoms with Crippen LogP contribution in [-0.4, -0.2) is 25.2 Å². The fourth-order valence-corrected chi connectivity index (χ4v) is 2.46. The van der Waals surface area contributed by atoms with Crippen LogP contribution in [0.15, 0.2) is 42.5 Å². The third-order valence-electron chi connectivity index (χ3n) is 3.52. The Kier molecular flexibility index (Phi) is 6.14. The van der Waals surface area contributed by atoms with Crippen LogP contribution in [0.25, 0.3) is 0 Å². The van der Waals surface area contributed by atoms with E-state index in [-0.39, 0.29) is 11.0 Å². The summed E-state index contributed by atoms with van der Waals surface area (Å²) in [6.45, 7) is 2.06. The number of hydrogen-bond acceptors (Lipinski definition) is 4. The highest BCUT2D eigenvalue weighted by Crippen LogP contribution is 2.27. The molecule has 0 spiro atoms. The quantitative estimate of drug-likeness (QED) is 0.814. The lowest BCUT2D eigenvalue weighted by molar-refractivity contribution is 0.0977. The van der Waals surface area contributed by atoms with E-state index in [4.69, 9.17) is 21.7 Å². The van der Waals surface area contributed by atoms with E-state index in [9.17, 15) is 4.79 Å². The van der Waals surface area contributed by atoms with Gasteiger partial charge in [-0.2, -0.15) is 0 Å². The van der Waals surface area contributed by atoms with E-state index in [1.165, 1.54) is 7.11 Å². The average molecular weight is 344 g/mol. The van der Waals surface area contributed by atoms with Crippen LogP contribution in [0.3, 0.4) is 0 Å². The van der Waals surface area contributed by atoms with Gasteiger partial charge in [-0.3, -0.25) is 10.1 Å². The molecule has 0 aromatic heterocycles. The maximum absolute atomic E-state index is 12.3. The van der Waals surface area contributed by atoms with Crippen LogP contribution in [0.5, 0.6) is 11.5 Å². The first kappa shape index (κ1) is 17.7. The van der Waals surface area contributed by atoms with Gasteiger partial charge >= 0.3 is 0 Å². The summed E-state index contributed by atoms with van der Waals surface area (Å²) in [5, 5.41) is 5.97. The number of benzene rings is 2. The standard InChI is InChI=1S/C18H20N2O3S/c1-4-12-7-5-6-8-14(12)19-18(24)20-17(21)13-9-10-15(22-2)16(11-13)23-3/h5-11H,4H2,1-3H3,(H2,19,20,21,24). The van der Waals surface area contributed by atoms with Crippen molar-refractivity contribution in [3.05, 3.63) is 53.6 Å². The number of ether oxygens (including phenoxy) is 2. The van der Waals surface area contributed by atoms with Crippen LogP contribution in [0, 0.1) is 0 Å². The molecule has 0 saturated carbocycles. The fourth-order valence-electron chi connectivity index (χ4n) is 2.26. The number of amides is 1. The number of thiocarbonyl (C=S) groups is 1. The molecule has 0 heterocycles. The fraction of sp³-hybridized carbons (Fsp3) is 0.222. The van der Waals surface area contributed by atoms with Crippen molar-refractivity contribution in [3.63, 3.8) is 0 Å². The highest BCUT2D eigenvalue weighted by atomic mass is 32.1. The number of methoxy groups -OCH3 is 2. The van der Waals surface area contributed by atoms with Gasteiger partial charge in [0.2, 0.25) is 0 Å². The van der Waals surface area contributed by atoms with Crippen LogP contribution in [0.1, 0.15) is 22.8 Å². The van der Waals surface area contributed by atoms with E-state index in [0.29, 0.717) is 17.1 Å². The number of carbonyl (C=O) groups excluding carboxylic acids is 1. The number of anilines is 1. The topological polar surface area (TPSA) is 59.6 Å². The summed E-state index contributed by atoms with van der Waals surface area (Å²) in [6.07, 6.45) is 0.870. The number of para-hydroxylation sites is 1. The van der Waals surface area contributed by atoms with Gasteiger partial charge in [0.05, 0.1) is 14.2 Å². The molecule has 0 fully saturated rings. The molecule has 2 aromatic carbocycles. The Morgan fingerprint density at radius 2 is 1.79 bits per heavy atom. The lowest BCUT2D eigenvalue weighted by Crippen LogP contribution is -2.34. The minimum atomic E-state index is -0.317. The molecule has 0 aliphatic carbocycles. The maximum Gasteiger partial charge on any atom is 0.257 e. The molecule has 2 rings (SSSR count). The Balaban J connectivity index is 2.07. The van der Waals surface area contributed by atoms with E-state index < -0.39 is 0 Å². The van der Waals surface area contributed by atoms with Crippen LogP contribution < -0.4 is 20.1 Å². The summed E-state index contributed by atoms with van der Waals surface area (Å²) in [5.41, 5.74) is 2.44. The zero-order chi connectivity index (χ0) is 17.5. The van der Waals surface area contributed by atoms with Crippen LogP contribution in [-0.2, 0) is 6.42 Å². The Hall–Kier alpha value is -2.60. The minimum absolute atomic E-state index is 0.246. The highest BCUT2D eigenvalue weighted by molar-refractivity contribution is 7.80. The van der Waals surface area contributed by atoms with E-state index in [1.54, 1.807) is 25.3 Å². The number of aryl methyl sites for hydroxylation is 1. The predicted octanol–water partition coefficient (Wildman–Crippen LogP) is 3.39. The summed E-state index contributed by atoms with van der Waals surface area (Å²) in [4.78, 5) is 12.3. The largest absolute Gasteiger partial charge is 0.493 e. The first-order valence-electron chi connectivity index (χ1n) is 7.51. The molecule has 1 amide bonds. The molecule has 126 valence electrons. The molecule has 6 heteroatoms. The van der Waals surface area contributed by atoms with Crippen molar-refractivity contribution in [1.29, 1.82) is 0 Å². The zero-order valence-electron chi connectivity index (χ0n) is 13.9. The molecule has 0 unspecified atom stereocenters. The van der Waals surface area contributed by atoms with E-state index in [1.807, 2.05) is 24.3 Å². The molecule has 0 aliphatic rings. The second-order valence-corrected chi connectivity index (χ2v) is 5.40. The SMILES string of the molecule is CCc1ccccc1NC(=S)NC(=O)c1ccc(OC)c(OC)c1. The van der Waals surface area contributed by atoms with Crippen molar-refractivity contribution in [2.75, 3.05) is 19.5 Å². The van der Waals surface area contributed by atoms with Gasteiger partial charge in [0.1, 0.15) is 0 Å². The Labute approximate surface area is 147 Å². The van der Waals surface area contributed by atoms with E-state index in [0.717, 1.165) is 17.7 Å². The Morgan fingerprint density at radius 1 is 1.08 bits per heavy atom. The summed E-state index contributed by atoms with van der Waals surface area (Å²) in [6, 6.07) is 12.8. The van der Waals surface area contributed by atoms with Crippen molar-refractivity contribution in [1.82, 2.24) is 5.32 Å². The normalized spacial score (nSPS) is 9.96. The second-order valence-electron chi connectivity index (χ2n) is 4.99. The van der Waals surface area contributed by atoms with Gasteiger partial charge in [-0.1, -0.05) is 25.1 Å². The second kappa shape index (κ2) is 8.31. The third-order valence-corrected chi connectivity index (χ3v) is 3.72. The van der Waals surface area contributed by atoms with Crippen molar-refractivity contribution in [2.45, 2.75) is 13.3 Å². The summed E-state index contributed by atoms with van der Waals surface area (Å²) in [5.74, 6) is 0.731. The van der Waals surface area contributed by atoms with E-state index >= 15 is 0 Å². The number of carbonyl (C=O) groups is 1. The van der Waals surface area contributed by atoms with Crippen LogP contribution in [0.2, 0.25) is 0 Å². The van der Waals surface area contributed by atoms with Crippen molar-refractivity contribution < 1.29 is 14.3 Å². The molecule has 0 radical (unpaired) electrons. The molecule has 0 atom stereocenters. The van der Waals surface area contributed by atoms with Gasteiger partial charge in [-0.05, 0) is 48.5 Å². The smallest absolute Gasteiger partial charge is 0.257 e. The summed E-state index contributed by atoms with van der Waals surface area (Å²) >= 11 is 5.23. The van der Waals surface area contributed by atoms with Gasteiger partial charge in [0.15, 0.2) is 16.6 Å². The number of rotatable bonds is 5. The number of nitrogens with one attached hydrogen (secondary N) is 2. The predicted molar refractivity (Wildman–Crippen MR) is 99.1 cm³/mol. The van der Waals surface area contributed by atoms with E-state index in [2.05, 4.69) is 17.6 Å². The zero-order valence-corrected chi connectivity index (χ0v) is 14.7. The van der Waals surface area contributed by atoms with Gasteiger partial charge < -0.3 is 14.8 Å². The lowest BCUT2D eigenvalue weighted by Gasteiger charge is -2.13. The monoisotopic (exact) mass is 344 g/mol. The first-order valence-corrected chi connectivity index (χ1v) is 7.92. The van der Waals surface area contributed by atoms with Crippen LogP contribution in [0.4, 0.5) is 5.69 Å². The van der Waals surface area contributed by atoms with Crippen LogP contribution >= 0.6 is 12.2 Å². The van der Waals surface area contributed by atoms with Crippen molar-refractivity contribution in [3.8, 4) is 11.5 Å². The lowest BCUT2D eigenvalue weighted by atomic mass is 10.1. The molecule has 24 heavy (non-hydrogen) atoms. The van der Waals surface area contributed by atoms with Gasteiger partial charge in [0, 0.05) is 11.3 Å². The average Bonchev–Trinajstić information content (AvgIpc) is 2.61. The summed E-state index contributed by atoms with van der Waals surface area (Å²) < 4.78 is 10.4. The highest BCUT2D eigenvalue weighted by Gasteiger charge is 2.12. The maximum atomic E-state index is 12.3. The van der Waals surface area contributed by atoms with Gasteiger partial charge in [0.25, 0.3) is 5.91 Å². The molecule has 0 bridgehead atoms. The number of hydrogen-bond donors (Lipinski definition) is 2. The molecular weight excluding hydrogens is 324 g/mol. The molecular formula is C18H20N2O3S. The molecule has 5 nitrogen and oxygen atoms in total. The minimum Gasteiger partial charge on any atom is -0.493 e. The van der Waals surface area contributed by atoms with Crippen molar-refractivity contribution in [2.24, 2.45) is 0 Å². The Morgan fingerprint density at radius 3 is 2.46 bits per heavy atom. The Bertz CT molecular complexity index is 747. The van der Waals surface area contributed by atoms with Gasteiger partial charge in [-0.25, -0.2) is 0 Å². The molecule has 0 aliphatic heterocycles. The molecule has 0 saturated heterocycles. The molecule has 2 N–H and O–H groups in total. The first-order chi connectivity index (χ1) is 11.6. The summed E-state index contributed by atoms with van der Waals surface area (Å²) in [7, 11) is 3.06. The van der Waals surface area contributed by atoms with Gasteiger partial charge in [-0.15, -0.1) is 0 Å². The van der Waals surface area contributed by atoms with Crippen molar-refractivity contribution >= 4 is 28.9 Å².